The number of nitrogens with zero attached hydrogens (tertiary/aromatic N) is 3. The molecule has 0 amide bonds. The number of aliphatic imine (C=N–C) groups is 2. The zero-order valence-corrected chi connectivity index (χ0v) is 12.3. The van der Waals surface area contributed by atoms with Crippen molar-refractivity contribution in [3.63, 3.8) is 0 Å². The molecule has 1 aromatic heterocycles. The molecule has 23 heavy (non-hydrogen) atoms. The second-order valence-electron chi connectivity index (χ2n) is 4.67. The van der Waals surface area contributed by atoms with Crippen LogP contribution in [0.25, 0.3) is 0 Å². The van der Waals surface area contributed by atoms with Crippen molar-refractivity contribution in [2.24, 2.45) is 9.98 Å². The molecule has 0 saturated carbocycles. The summed E-state index contributed by atoms with van der Waals surface area (Å²) in [6, 6.07) is 23.9. The number of aromatic nitrogens is 1. The van der Waals surface area contributed by atoms with Crippen LogP contribution in [0.5, 0.6) is 0 Å². The summed E-state index contributed by atoms with van der Waals surface area (Å²) in [5.41, 5.74) is 3.20. The van der Waals surface area contributed by atoms with Crippen LogP contribution in [0.15, 0.2) is 89.1 Å². The van der Waals surface area contributed by atoms with E-state index in [4.69, 9.17) is 0 Å². The van der Waals surface area contributed by atoms with E-state index in [1.165, 1.54) is 0 Å². The molecule has 2 aromatic carbocycles. The maximum absolute atomic E-state index is 4.25. The highest BCUT2D eigenvalue weighted by Crippen LogP contribution is 2.16. The Morgan fingerprint density at radius 3 is 2.26 bits per heavy atom. The molecule has 0 radical (unpaired) electrons. The van der Waals surface area contributed by atoms with Gasteiger partial charge in [0.15, 0.2) is 0 Å². The molecule has 3 rings (SSSR count). The van der Waals surface area contributed by atoms with Gasteiger partial charge >= 0.3 is 0 Å². The Bertz CT molecular complexity index is 898. The average molecular weight is 295 g/mol. The highest BCUT2D eigenvalue weighted by Gasteiger charge is 1.96. The predicted octanol–water partition coefficient (Wildman–Crippen LogP) is 4.62. The van der Waals surface area contributed by atoms with Gasteiger partial charge < -0.3 is 0 Å². The lowest BCUT2D eigenvalue weighted by Crippen LogP contribution is -1.79. The molecule has 0 aliphatic rings. The second kappa shape index (κ2) is 7.51. The molecule has 0 aliphatic heterocycles. The van der Waals surface area contributed by atoms with Crippen molar-refractivity contribution in [1.29, 1.82) is 0 Å². The first-order valence-corrected chi connectivity index (χ1v) is 7.14. The summed E-state index contributed by atoms with van der Waals surface area (Å²) in [6.07, 6.45) is 3.37. The van der Waals surface area contributed by atoms with Gasteiger partial charge in [0.2, 0.25) is 0 Å². The van der Waals surface area contributed by atoms with Gasteiger partial charge in [-0.05, 0) is 30.3 Å². The van der Waals surface area contributed by atoms with Gasteiger partial charge in [0.05, 0.1) is 16.9 Å². The Morgan fingerprint density at radius 2 is 1.48 bits per heavy atom. The molecule has 3 heteroatoms. The van der Waals surface area contributed by atoms with E-state index in [9.17, 15) is 0 Å². The number of benzene rings is 2. The molecule has 0 saturated heterocycles. The molecule has 0 spiro atoms. The standard InChI is InChI=1S/C20H13N3/c1-3-7-17(8-4-1)11-12-18-15-21-14-13-20(18)23-16-22-19-9-5-2-6-10-19/h1-10,13-15H. The SMILES string of the molecule is C(=Nc1ccccc1)=Nc1ccncc1C#Cc1ccccc1. The van der Waals surface area contributed by atoms with Crippen molar-refractivity contribution >= 4 is 17.4 Å². The third-order valence-corrected chi connectivity index (χ3v) is 3.02. The Hall–Kier alpha value is -3.47. The number of pyridine rings is 1. The first-order valence-electron chi connectivity index (χ1n) is 7.14. The lowest BCUT2D eigenvalue weighted by Gasteiger charge is -1.94. The fourth-order valence-corrected chi connectivity index (χ4v) is 1.88. The zero-order chi connectivity index (χ0) is 15.7. The summed E-state index contributed by atoms with van der Waals surface area (Å²) in [7, 11) is 0. The maximum atomic E-state index is 4.25. The minimum Gasteiger partial charge on any atom is -0.263 e. The molecule has 3 aromatic rings. The topological polar surface area (TPSA) is 37.6 Å². The zero-order valence-electron chi connectivity index (χ0n) is 12.3. The van der Waals surface area contributed by atoms with E-state index >= 15 is 0 Å². The van der Waals surface area contributed by atoms with E-state index in [1.54, 1.807) is 18.5 Å². The summed E-state index contributed by atoms with van der Waals surface area (Å²) in [4.78, 5) is 12.5. The molecule has 0 N–H and O–H groups in total. The highest BCUT2D eigenvalue weighted by molar-refractivity contribution is 5.63. The Labute approximate surface area is 135 Å². The van der Waals surface area contributed by atoms with E-state index in [0.29, 0.717) is 5.69 Å². The van der Waals surface area contributed by atoms with E-state index in [2.05, 4.69) is 32.8 Å². The van der Waals surface area contributed by atoms with E-state index < -0.39 is 0 Å². The van der Waals surface area contributed by atoms with Crippen LogP contribution in [-0.2, 0) is 0 Å². The van der Waals surface area contributed by atoms with Crippen molar-refractivity contribution in [2.75, 3.05) is 0 Å². The normalized spacial score (nSPS) is 9.22. The number of hydrogen-bond donors (Lipinski definition) is 0. The Kier molecular flexibility index (Phi) is 4.73. The summed E-state index contributed by atoms with van der Waals surface area (Å²) < 4.78 is 0. The lowest BCUT2D eigenvalue weighted by molar-refractivity contribution is 1.30. The number of rotatable bonds is 2. The van der Waals surface area contributed by atoms with Crippen molar-refractivity contribution in [2.45, 2.75) is 0 Å². The van der Waals surface area contributed by atoms with Crippen LogP contribution in [0, 0.1) is 11.8 Å². The van der Waals surface area contributed by atoms with E-state index in [-0.39, 0.29) is 0 Å². The van der Waals surface area contributed by atoms with Gasteiger partial charge in [-0.15, -0.1) is 0 Å². The van der Waals surface area contributed by atoms with Crippen LogP contribution in [-0.4, -0.2) is 11.0 Å². The van der Waals surface area contributed by atoms with Gasteiger partial charge in [0.25, 0.3) is 0 Å². The minimum absolute atomic E-state index is 0.697. The summed E-state index contributed by atoms with van der Waals surface area (Å²) >= 11 is 0. The van der Waals surface area contributed by atoms with Crippen LogP contribution < -0.4 is 0 Å². The van der Waals surface area contributed by atoms with Crippen LogP contribution in [0.1, 0.15) is 11.1 Å². The third kappa shape index (κ3) is 4.25. The largest absolute Gasteiger partial charge is 0.263 e. The first kappa shape index (κ1) is 14.5. The van der Waals surface area contributed by atoms with Crippen LogP contribution in [0.3, 0.4) is 0 Å². The maximum Gasteiger partial charge on any atom is 0.101 e. The molecule has 0 atom stereocenters. The number of para-hydroxylation sites is 1. The van der Waals surface area contributed by atoms with Crippen molar-refractivity contribution in [1.82, 2.24) is 4.98 Å². The van der Waals surface area contributed by atoms with Crippen molar-refractivity contribution in [3.8, 4) is 11.8 Å². The molecular formula is C20H13N3. The molecule has 0 bridgehead atoms. The Morgan fingerprint density at radius 1 is 0.739 bits per heavy atom. The quantitative estimate of drug-likeness (QED) is 0.502. The molecule has 3 nitrogen and oxygen atoms in total. The first-order chi connectivity index (χ1) is 11.4. The minimum atomic E-state index is 0.697. The van der Waals surface area contributed by atoms with Crippen LogP contribution >= 0.6 is 0 Å². The summed E-state index contributed by atoms with van der Waals surface area (Å²) in [6.45, 7) is 0. The van der Waals surface area contributed by atoms with Gasteiger partial charge in [-0.25, -0.2) is 0 Å². The van der Waals surface area contributed by atoms with Crippen molar-refractivity contribution in [3.05, 3.63) is 90.3 Å². The lowest BCUT2D eigenvalue weighted by atomic mass is 10.2. The Balaban J connectivity index is 1.87. The van der Waals surface area contributed by atoms with Crippen LogP contribution in [0.2, 0.25) is 0 Å². The smallest absolute Gasteiger partial charge is 0.101 e. The summed E-state index contributed by atoms with van der Waals surface area (Å²) in [5.74, 6) is 6.19. The van der Waals surface area contributed by atoms with Crippen LogP contribution in [0.4, 0.5) is 11.4 Å². The average Bonchev–Trinajstić information content (AvgIpc) is 2.63. The van der Waals surface area contributed by atoms with Crippen molar-refractivity contribution < 1.29 is 0 Å². The predicted molar refractivity (Wildman–Crippen MR) is 92.3 cm³/mol. The van der Waals surface area contributed by atoms with Gasteiger partial charge in [0.1, 0.15) is 6.01 Å². The van der Waals surface area contributed by atoms with Gasteiger partial charge in [0, 0.05) is 18.0 Å². The number of hydrogen-bond acceptors (Lipinski definition) is 3. The fourth-order valence-electron chi connectivity index (χ4n) is 1.88. The molecule has 108 valence electrons. The van der Waals surface area contributed by atoms with E-state index in [0.717, 1.165) is 16.8 Å². The van der Waals surface area contributed by atoms with E-state index in [1.807, 2.05) is 60.7 Å². The molecule has 0 unspecified atom stereocenters. The van der Waals surface area contributed by atoms with Gasteiger partial charge in [-0.3, -0.25) is 4.98 Å². The fraction of sp³-hybridized carbons (Fsp3) is 0. The summed E-state index contributed by atoms with van der Waals surface area (Å²) in [5, 5.41) is 0. The third-order valence-electron chi connectivity index (χ3n) is 3.02. The molecule has 0 aliphatic carbocycles. The molecule has 1 heterocycles. The molecular weight excluding hydrogens is 282 g/mol. The van der Waals surface area contributed by atoms with Gasteiger partial charge in [-0.2, -0.15) is 9.98 Å². The second-order valence-corrected chi connectivity index (χ2v) is 4.67. The monoisotopic (exact) mass is 295 g/mol. The van der Waals surface area contributed by atoms with Gasteiger partial charge in [-0.1, -0.05) is 48.2 Å². The molecule has 0 fully saturated rings. The highest BCUT2D eigenvalue weighted by atomic mass is 14.8.